The van der Waals surface area contributed by atoms with E-state index in [4.69, 9.17) is 14.5 Å². The number of amides is 1. The minimum absolute atomic E-state index is 0.105. The molecule has 2 aromatic rings. The zero-order chi connectivity index (χ0) is 18.9. The molecule has 2 aliphatic rings. The molecule has 6 heteroatoms. The van der Waals surface area contributed by atoms with E-state index >= 15 is 0 Å². The highest BCUT2D eigenvalue weighted by Crippen LogP contribution is 2.36. The first-order valence-electron chi connectivity index (χ1n) is 8.98. The van der Waals surface area contributed by atoms with Gasteiger partial charge in [0.25, 0.3) is 5.91 Å². The topological polar surface area (TPSA) is 51.1 Å². The molecule has 2 aromatic carbocycles. The number of rotatable bonds is 3. The van der Waals surface area contributed by atoms with E-state index in [0.717, 1.165) is 16.5 Å². The van der Waals surface area contributed by atoms with Gasteiger partial charge in [-0.3, -0.25) is 14.7 Å². The predicted molar refractivity (Wildman–Crippen MR) is 107 cm³/mol. The third-order valence-electron chi connectivity index (χ3n) is 4.60. The van der Waals surface area contributed by atoms with Crippen molar-refractivity contribution in [3.8, 4) is 11.5 Å². The van der Waals surface area contributed by atoms with Gasteiger partial charge in [-0.05, 0) is 31.5 Å². The Kier molecular flexibility index (Phi) is 4.83. The summed E-state index contributed by atoms with van der Waals surface area (Å²) >= 11 is 1.61. The second-order valence-electron chi connectivity index (χ2n) is 7.22. The number of aliphatic imine (C=N–C) groups is 1. The van der Waals surface area contributed by atoms with Crippen LogP contribution in [0.15, 0.2) is 59.6 Å². The van der Waals surface area contributed by atoms with E-state index < -0.39 is 6.10 Å². The fourth-order valence-corrected chi connectivity index (χ4v) is 4.40. The van der Waals surface area contributed by atoms with E-state index in [2.05, 4.69) is 13.8 Å². The highest BCUT2D eigenvalue weighted by atomic mass is 32.2. The summed E-state index contributed by atoms with van der Waals surface area (Å²) in [6.45, 7) is 4.87. The highest BCUT2D eigenvalue weighted by Gasteiger charge is 2.45. The van der Waals surface area contributed by atoms with Crippen LogP contribution in [0, 0.1) is 0 Å². The molecule has 0 aromatic heterocycles. The van der Waals surface area contributed by atoms with Crippen molar-refractivity contribution in [1.82, 2.24) is 4.90 Å². The summed E-state index contributed by atoms with van der Waals surface area (Å²) in [5, 5.41) is 0.747. The van der Waals surface area contributed by atoms with Gasteiger partial charge in [0.2, 0.25) is 6.10 Å². The van der Waals surface area contributed by atoms with Crippen molar-refractivity contribution in [2.24, 2.45) is 4.99 Å². The van der Waals surface area contributed by atoms with Crippen LogP contribution >= 0.6 is 11.8 Å². The average Bonchev–Trinajstić information content (AvgIpc) is 3.00. The van der Waals surface area contributed by atoms with Crippen molar-refractivity contribution < 1.29 is 14.3 Å². The molecule has 4 rings (SSSR count). The fraction of sp³-hybridized carbons (Fsp3) is 0.333. The van der Waals surface area contributed by atoms with Gasteiger partial charge < -0.3 is 9.47 Å². The Morgan fingerprint density at radius 2 is 1.85 bits per heavy atom. The minimum atomic E-state index is -0.667. The summed E-state index contributed by atoms with van der Waals surface area (Å²) in [5.41, 5.74) is 0.798. The Morgan fingerprint density at radius 1 is 1.15 bits per heavy atom. The van der Waals surface area contributed by atoms with Gasteiger partial charge in [0, 0.05) is 5.75 Å². The molecule has 0 spiro atoms. The normalized spacial score (nSPS) is 22.1. The molecule has 27 heavy (non-hydrogen) atoms. The predicted octanol–water partition coefficient (Wildman–Crippen LogP) is 3.74. The van der Waals surface area contributed by atoms with Gasteiger partial charge in [-0.2, -0.15) is 0 Å². The zero-order valence-electron chi connectivity index (χ0n) is 15.4. The number of thioether (sulfide) groups is 1. The Bertz CT molecular complexity index is 867. The van der Waals surface area contributed by atoms with Crippen LogP contribution in [0.1, 0.15) is 19.4 Å². The number of ether oxygens (including phenoxy) is 2. The van der Waals surface area contributed by atoms with Crippen LogP contribution < -0.4 is 9.47 Å². The maximum Gasteiger partial charge on any atom is 0.273 e. The lowest BCUT2D eigenvalue weighted by Gasteiger charge is -2.34. The van der Waals surface area contributed by atoms with E-state index in [1.165, 1.54) is 0 Å². The molecule has 140 valence electrons. The number of carbonyl (C=O) groups excluding carboxylic acids is 1. The van der Waals surface area contributed by atoms with Crippen LogP contribution in [0.3, 0.4) is 0 Å². The molecule has 0 N–H and O–H groups in total. The average molecular weight is 382 g/mol. The minimum Gasteiger partial charge on any atom is -0.485 e. The Morgan fingerprint density at radius 3 is 2.63 bits per heavy atom. The summed E-state index contributed by atoms with van der Waals surface area (Å²) in [6, 6.07) is 17.5. The monoisotopic (exact) mass is 382 g/mol. The maximum atomic E-state index is 13.3. The van der Waals surface area contributed by atoms with Crippen LogP contribution in [0.2, 0.25) is 0 Å². The van der Waals surface area contributed by atoms with Gasteiger partial charge in [-0.15, -0.1) is 0 Å². The molecule has 1 atom stereocenters. The van der Waals surface area contributed by atoms with E-state index in [1.54, 1.807) is 16.7 Å². The van der Waals surface area contributed by atoms with Crippen molar-refractivity contribution in [3.63, 3.8) is 0 Å². The lowest BCUT2D eigenvalue weighted by molar-refractivity contribution is -0.140. The standard InChI is InChI=1S/C21H22N2O3S/c1-21(2)14-27-20(22-12-15-8-4-3-5-9-15)23(21)19(24)18-13-25-16-10-6-7-11-17(16)26-18/h3-11,18H,12-14H2,1-2H3/t18-/m1/s1. The van der Waals surface area contributed by atoms with E-state index in [1.807, 2.05) is 54.6 Å². The van der Waals surface area contributed by atoms with E-state index in [0.29, 0.717) is 18.0 Å². The summed E-state index contributed by atoms with van der Waals surface area (Å²) < 4.78 is 11.7. The number of para-hydroxylation sites is 2. The molecule has 5 nitrogen and oxygen atoms in total. The Hall–Kier alpha value is -2.47. The summed E-state index contributed by atoms with van der Waals surface area (Å²) in [4.78, 5) is 19.8. The third kappa shape index (κ3) is 3.67. The molecule has 2 aliphatic heterocycles. The number of fused-ring (bicyclic) bond motifs is 1. The van der Waals surface area contributed by atoms with Crippen LogP contribution in [-0.4, -0.2) is 40.0 Å². The lowest BCUT2D eigenvalue weighted by Crippen LogP contribution is -2.54. The molecular weight excluding hydrogens is 360 g/mol. The molecular formula is C21H22N2O3S. The van der Waals surface area contributed by atoms with Gasteiger partial charge in [0.1, 0.15) is 6.61 Å². The zero-order valence-corrected chi connectivity index (χ0v) is 16.2. The largest absolute Gasteiger partial charge is 0.485 e. The lowest BCUT2D eigenvalue weighted by atomic mass is 10.1. The van der Waals surface area contributed by atoms with Crippen LogP contribution in [0.5, 0.6) is 11.5 Å². The molecule has 1 fully saturated rings. The number of amidine groups is 1. The Balaban J connectivity index is 1.55. The molecule has 0 bridgehead atoms. The molecule has 2 heterocycles. The van der Waals surface area contributed by atoms with Crippen molar-refractivity contribution in [1.29, 1.82) is 0 Å². The number of hydrogen-bond acceptors (Lipinski definition) is 5. The molecule has 0 radical (unpaired) electrons. The molecule has 0 aliphatic carbocycles. The quantitative estimate of drug-likeness (QED) is 0.812. The second kappa shape index (κ2) is 7.27. The molecule has 0 unspecified atom stereocenters. The Labute approximate surface area is 163 Å². The first-order valence-corrected chi connectivity index (χ1v) is 9.97. The summed E-state index contributed by atoms with van der Waals surface area (Å²) in [6.07, 6.45) is -0.667. The SMILES string of the molecule is CC1(C)CSC(=NCc2ccccc2)N1C(=O)[C@H]1COc2ccccc2O1. The summed E-state index contributed by atoms with van der Waals surface area (Å²) in [7, 11) is 0. The number of carbonyl (C=O) groups is 1. The maximum absolute atomic E-state index is 13.3. The van der Waals surface area contributed by atoms with E-state index in [9.17, 15) is 4.79 Å². The second-order valence-corrected chi connectivity index (χ2v) is 8.17. The van der Waals surface area contributed by atoms with Crippen molar-refractivity contribution in [2.75, 3.05) is 12.4 Å². The third-order valence-corrected chi connectivity index (χ3v) is 6.02. The number of nitrogens with zero attached hydrogens (tertiary/aromatic N) is 2. The molecule has 1 amide bonds. The molecule has 1 saturated heterocycles. The fourth-order valence-electron chi connectivity index (χ4n) is 3.17. The van der Waals surface area contributed by atoms with Crippen molar-refractivity contribution in [3.05, 3.63) is 60.2 Å². The highest BCUT2D eigenvalue weighted by molar-refractivity contribution is 8.14. The molecule has 0 saturated carbocycles. The first kappa shape index (κ1) is 17.9. The van der Waals surface area contributed by atoms with Crippen LogP contribution in [0.4, 0.5) is 0 Å². The number of hydrogen-bond donors (Lipinski definition) is 0. The van der Waals surface area contributed by atoms with Gasteiger partial charge in [0.15, 0.2) is 16.7 Å². The first-order chi connectivity index (χ1) is 13.0. The van der Waals surface area contributed by atoms with Crippen molar-refractivity contribution >= 4 is 22.8 Å². The van der Waals surface area contributed by atoms with E-state index in [-0.39, 0.29) is 18.1 Å². The summed E-state index contributed by atoms with van der Waals surface area (Å²) in [5.74, 6) is 1.98. The number of benzene rings is 2. The smallest absolute Gasteiger partial charge is 0.273 e. The van der Waals surface area contributed by atoms with Crippen LogP contribution in [-0.2, 0) is 11.3 Å². The van der Waals surface area contributed by atoms with Gasteiger partial charge in [0.05, 0.1) is 12.1 Å². The van der Waals surface area contributed by atoms with Crippen molar-refractivity contribution in [2.45, 2.75) is 32.0 Å². The van der Waals surface area contributed by atoms with Crippen LogP contribution in [0.25, 0.3) is 0 Å². The van der Waals surface area contributed by atoms with Gasteiger partial charge >= 0.3 is 0 Å². The van der Waals surface area contributed by atoms with Gasteiger partial charge in [-0.25, -0.2) is 0 Å². The van der Waals surface area contributed by atoms with Gasteiger partial charge in [-0.1, -0.05) is 54.2 Å².